The molecule has 0 fully saturated rings. The molecule has 0 aliphatic rings. The Hall–Kier alpha value is -1.15. The monoisotopic (exact) mass is 218 g/mol. The van der Waals surface area contributed by atoms with Gasteiger partial charge in [-0.05, 0) is 48.7 Å². The highest BCUT2D eigenvalue weighted by Gasteiger charge is 2.07. The van der Waals surface area contributed by atoms with Gasteiger partial charge in [0.2, 0.25) is 0 Å². The quantitative estimate of drug-likeness (QED) is 0.733. The molecule has 0 spiro atoms. The SMILES string of the molecule is CSc1cc(C)cc2ccc(O)c(C)c12. The van der Waals surface area contributed by atoms with Crippen molar-refractivity contribution in [2.75, 3.05) is 6.26 Å². The number of aromatic hydroxyl groups is 1. The van der Waals surface area contributed by atoms with Crippen molar-refractivity contribution >= 4 is 22.5 Å². The number of benzene rings is 2. The summed E-state index contributed by atoms with van der Waals surface area (Å²) in [7, 11) is 0. The topological polar surface area (TPSA) is 20.2 Å². The van der Waals surface area contributed by atoms with Crippen molar-refractivity contribution in [1.29, 1.82) is 0 Å². The maximum Gasteiger partial charge on any atom is 0.119 e. The van der Waals surface area contributed by atoms with Crippen LogP contribution in [0.25, 0.3) is 10.8 Å². The third-order valence-electron chi connectivity index (χ3n) is 2.68. The smallest absolute Gasteiger partial charge is 0.119 e. The van der Waals surface area contributed by atoms with Gasteiger partial charge in [0.25, 0.3) is 0 Å². The van der Waals surface area contributed by atoms with Gasteiger partial charge in [0.05, 0.1) is 0 Å². The average Bonchev–Trinajstić information content (AvgIpc) is 2.22. The fourth-order valence-electron chi connectivity index (χ4n) is 1.90. The molecule has 2 aromatic rings. The van der Waals surface area contributed by atoms with Crippen LogP contribution >= 0.6 is 11.8 Å². The Morgan fingerprint density at radius 3 is 2.53 bits per heavy atom. The third kappa shape index (κ3) is 1.70. The van der Waals surface area contributed by atoms with E-state index in [1.54, 1.807) is 17.8 Å². The van der Waals surface area contributed by atoms with Gasteiger partial charge in [0.15, 0.2) is 0 Å². The van der Waals surface area contributed by atoms with E-state index in [2.05, 4.69) is 25.3 Å². The van der Waals surface area contributed by atoms with Crippen molar-refractivity contribution in [1.82, 2.24) is 0 Å². The van der Waals surface area contributed by atoms with Gasteiger partial charge in [0, 0.05) is 10.3 Å². The van der Waals surface area contributed by atoms with Crippen molar-refractivity contribution in [3.63, 3.8) is 0 Å². The van der Waals surface area contributed by atoms with Crippen LogP contribution < -0.4 is 0 Å². The largest absolute Gasteiger partial charge is 0.508 e. The Labute approximate surface area is 94.1 Å². The number of fused-ring (bicyclic) bond motifs is 1. The molecule has 2 heteroatoms. The van der Waals surface area contributed by atoms with Crippen molar-refractivity contribution < 1.29 is 5.11 Å². The van der Waals surface area contributed by atoms with Gasteiger partial charge in [-0.25, -0.2) is 0 Å². The molecule has 0 radical (unpaired) electrons. The van der Waals surface area contributed by atoms with E-state index < -0.39 is 0 Å². The van der Waals surface area contributed by atoms with E-state index in [9.17, 15) is 5.11 Å². The lowest BCUT2D eigenvalue weighted by atomic mass is 10.0. The highest BCUT2D eigenvalue weighted by molar-refractivity contribution is 7.98. The van der Waals surface area contributed by atoms with Crippen molar-refractivity contribution in [2.45, 2.75) is 18.7 Å². The molecule has 0 saturated heterocycles. The molecule has 2 aromatic carbocycles. The molecule has 78 valence electrons. The second-order valence-electron chi connectivity index (χ2n) is 3.77. The molecule has 2 rings (SSSR count). The van der Waals surface area contributed by atoms with Gasteiger partial charge in [0.1, 0.15) is 5.75 Å². The van der Waals surface area contributed by atoms with E-state index in [4.69, 9.17) is 0 Å². The predicted octanol–water partition coefficient (Wildman–Crippen LogP) is 3.88. The van der Waals surface area contributed by atoms with Crippen LogP contribution in [0.2, 0.25) is 0 Å². The molecule has 0 unspecified atom stereocenters. The molecule has 0 heterocycles. The molecule has 0 bridgehead atoms. The summed E-state index contributed by atoms with van der Waals surface area (Å²) in [6, 6.07) is 8.06. The fraction of sp³-hybridized carbons (Fsp3) is 0.231. The van der Waals surface area contributed by atoms with Crippen LogP contribution in [0.4, 0.5) is 0 Å². The second-order valence-corrected chi connectivity index (χ2v) is 4.62. The van der Waals surface area contributed by atoms with Crippen LogP contribution in [-0.4, -0.2) is 11.4 Å². The van der Waals surface area contributed by atoms with Crippen molar-refractivity contribution in [3.05, 3.63) is 35.4 Å². The van der Waals surface area contributed by atoms with E-state index in [1.165, 1.54) is 21.2 Å². The number of phenols is 1. The first kappa shape index (κ1) is 10.4. The summed E-state index contributed by atoms with van der Waals surface area (Å²) in [6.07, 6.45) is 2.07. The Bertz CT molecular complexity index is 517. The Morgan fingerprint density at radius 1 is 1.13 bits per heavy atom. The number of aryl methyl sites for hydroxylation is 2. The van der Waals surface area contributed by atoms with E-state index in [-0.39, 0.29) is 0 Å². The fourth-order valence-corrected chi connectivity index (χ4v) is 2.67. The average molecular weight is 218 g/mol. The van der Waals surface area contributed by atoms with Gasteiger partial charge < -0.3 is 5.11 Å². The van der Waals surface area contributed by atoms with Crippen molar-refractivity contribution in [2.24, 2.45) is 0 Å². The number of rotatable bonds is 1. The predicted molar refractivity (Wildman–Crippen MR) is 66.9 cm³/mol. The summed E-state index contributed by atoms with van der Waals surface area (Å²) in [6.45, 7) is 4.06. The Kier molecular flexibility index (Phi) is 2.61. The lowest BCUT2D eigenvalue weighted by Gasteiger charge is -2.10. The van der Waals surface area contributed by atoms with Gasteiger partial charge in [-0.15, -0.1) is 11.8 Å². The summed E-state index contributed by atoms with van der Waals surface area (Å²) in [4.78, 5) is 1.23. The minimum atomic E-state index is 0.377. The zero-order valence-electron chi connectivity index (χ0n) is 9.16. The molecular weight excluding hydrogens is 204 g/mol. The number of hydrogen-bond donors (Lipinski definition) is 1. The third-order valence-corrected chi connectivity index (χ3v) is 3.44. The second kappa shape index (κ2) is 3.78. The van der Waals surface area contributed by atoms with E-state index in [0.29, 0.717) is 5.75 Å². The van der Waals surface area contributed by atoms with Crippen LogP contribution in [0.3, 0.4) is 0 Å². The van der Waals surface area contributed by atoms with Gasteiger partial charge >= 0.3 is 0 Å². The zero-order chi connectivity index (χ0) is 11.0. The highest BCUT2D eigenvalue weighted by Crippen LogP contribution is 2.34. The molecular formula is C13H14OS. The first-order valence-electron chi connectivity index (χ1n) is 4.90. The van der Waals surface area contributed by atoms with Crippen LogP contribution in [0, 0.1) is 13.8 Å². The molecule has 0 aromatic heterocycles. The zero-order valence-corrected chi connectivity index (χ0v) is 9.98. The normalized spacial score (nSPS) is 10.9. The van der Waals surface area contributed by atoms with Crippen molar-refractivity contribution in [3.8, 4) is 5.75 Å². The minimum Gasteiger partial charge on any atom is -0.508 e. The molecule has 1 nitrogen and oxygen atoms in total. The summed E-state index contributed by atoms with van der Waals surface area (Å²) in [5.74, 6) is 0.377. The van der Waals surface area contributed by atoms with Gasteiger partial charge in [-0.3, -0.25) is 0 Å². The number of hydrogen-bond acceptors (Lipinski definition) is 2. The van der Waals surface area contributed by atoms with E-state index >= 15 is 0 Å². The van der Waals surface area contributed by atoms with Crippen LogP contribution in [0.15, 0.2) is 29.2 Å². The molecule has 0 atom stereocenters. The van der Waals surface area contributed by atoms with Crippen LogP contribution in [0.5, 0.6) is 5.75 Å². The highest BCUT2D eigenvalue weighted by atomic mass is 32.2. The standard InChI is InChI=1S/C13H14OS/c1-8-6-10-4-5-11(14)9(2)13(10)12(7-8)15-3/h4-7,14H,1-3H3. The molecule has 1 N–H and O–H groups in total. The summed E-state index contributed by atoms with van der Waals surface area (Å²) >= 11 is 1.72. The summed E-state index contributed by atoms with van der Waals surface area (Å²) < 4.78 is 0. The van der Waals surface area contributed by atoms with Crippen LogP contribution in [0.1, 0.15) is 11.1 Å². The molecule has 0 aliphatic heterocycles. The number of thioether (sulfide) groups is 1. The van der Waals surface area contributed by atoms with E-state index in [0.717, 1.165) is 5.56 Å². The Morgan fingerprint density at radius 2 is 1.87 bits per heavy atom. The Balaban J connectivity index is 2.91. The van der Waals surface area contributed by atoms with Crippen LogP contribution in [-0.2, 0) is 0 Å². The first-order valence-corrected chi connectivity index (χ1v) is 6.13. The molecule has 0 saturated carbocycles. The van der Waals surface area contributed by atoms with Gasteiger partial charge in [-0.1, -0.05) is 12.1 Å². The lowest BCUT2D eigenvalue weighted by molar-refractivity contribution is 0.472. The maximum absolute atomic E-state index is 9.70. The maximum atomic E-state index is 9.70. The summed E-state index contributed by atoms with van der Waals surface area (Å²) in [5.41, 5.74) is 2.23. The summed E-state index contributed by atoms with van der Waals surface area (Å²) in [5, 5.41) is 12.1. The van der Waals surface area contributed by atoms with E-state index in [1.807, 2.05) is 13.0 Å². The molecule has 0 amide bonds. The number of phenolic OH excluding ortho intramolecular Hbond substituents is 1. The molecule has 15 heavy (non-hydrogen) atoms. The minimum absolute atomic E-state index is 0.377. The van der Waals surface area contributed by atoms with Gasteiger partial charge in [-0.2, -0.15) is 0 Å². The molecule has 0 aliphatic carbocycles. The first-order chi connectivity index (χ1) is 7.13. The lowest BCUT2D eigenvalue weighted by Crippen LogP contribution is -1.85.